The summed E-state index contributed by atoms with van der Waals surface area (Å²) < 4.78 is 11.1. The molecule has 2 saturated heterocycles. The van der Waals surface area contributed by atoms with Crippen molar-refractivity contribution < 1.29 is 14.3 Å². The number of piperazine rings is 1. The quantitative estimate of drug-likeness (QED) is 0.895. The molecule has 1 aromatic rings. The summed E-state index contributed by atoms with van der Waals surface area (Å²) in [4.78, 5) is 16.3. The highest BCUT2D eigenvalue weighted by Crippen LogP contribution is 2.08. The number of amides is 1. The predicted molar refractivity (Wildman–Crippen MR) is 87.2 cm³/mol. The molecule has 1 atom stereocenters. The number of rotatable bonds is 4. The zero-order valence-electron chi connectivity index (χ0n) is 13.4. The van der Waals surface area contributed by atoms with Crippen LogP contribution in [0.3, 0.4) is 0 Å². The summed E-state index contributed by atoms with van der Waals surface area (Å²) >= 11 is 0. The van der Waals surface area contributed by atoms with Gasteiger partial charge < -0.3 is 19.7 Å². The molecule has 2 fully saturated rings. The molecular formula is C17H25N3O3. The van der Waals surface area contributed by atoms with Gasteiger partial charge in [0, 0.05) is 45.8 Å². The standard InChI is InChI=1S/C17H25N3O3/c21-17(23-14-15-4-2-1-3-5-15)20-9-7-19(8-10-20)13-16-12-18-6-11-22-16/h1-5,16,18H,6-14H2/t16-/m0/s1. The minimum Gasteiger partial charge on any atom is -0.445 e. The fraction of sp³-hybridized carbons (Fsp3) is 0.588. The number of morpholine rings is 1. The molecule has 1 aromatic carbocycles. The van der Waals surface area contributed by atoms with E-state index in [-0.39, 0.29) is 12.2 Å². The first-order valence-electron chi connectivity index (χ1n) is 8.31. The Kier molecular flexibility index (Phi) is 5.85. The van der Waals surface area contributed by atoms with Gasteiger partial charge in [-0.15, -0.1) is 0 Å². The fourth-order valence-electron chi connectivity index (χ4n) is 2.95. The maximum atomic E-state index is 12.1. The van der Waals surface area contributed by atoms with E-state index in [9.17, 15) is 4.79 Å². The van der Waals surface area contributed by atoms with Crippen molar-refractivity contribution >= 4 is 6.09 Å². The molecule has 2 aliphatic heterocycles. The number of carbonyl (C=O) groups excluding carboxylic acids is 1. The van der Waals surface area contributed by atoms with Gasteiger partial charge in [0.05, 0.1) is 12.7 Å². The van der Waals surface area contributed by atoms with Crippen LogP contribution >= 0.6 is 0 Å². The second-order valence-corrected chi connectivity index (χ2v) is 6.02. The second-order valence-electron chi connectivity index (χ2n) is 6.02. The second kappa shape index (κ2) is 8.29. The van der Waals surface area contributed by atoms with Gasteiger partial charge in [-0.2, -0.15) is 0 Å². The normalized spacial score (nSPS) is 22.8. The Morgan fingerprint density at radius 2 is 2.00 bits per heavy atom. The van der Waals surface area contributed by atoms with E-state index in [1.807, 2.05) is 30.3 Å². The van der Waals surface area contributed by atoms with E-state index >= 15 is 0 Å². The van der Waals surface area contributed by atoms with E-state index in [1.54, 1.807) is 4.90 Å². The molecule has 1 N–H and O–H groups in total. The van der Waals surface area contributed by atoms with Crippen molar-refractivity contribution in [2.24, 2.45) is 0 Å². The zero-order chi connectivity index (χ0) is 15.9. The van der Waals surface area contributed by atoms with Crippen LogP contribution in [0, 0.1) is 0 Å². The van der Waals surface area contributed by atoms with Crippen molar-refractivity contribution in [2.75, 3.05) is 52.4 Å². The molecule has 2 aliphatic rings. The Bertz CT molecular complexity index is 483. The Morgan fingerprint density at radius 1 is 1.22 bits per heavy atom. The third kappa shape index (κ3) is 4.92. The van der Waals surface area contributed by atoms with Crippen LogP contribution in [0.25, 0.3) is 0 Å². The van der Waals surface area contributed by atoms with Gasteiger partial charge >= 0.3 is 6.09 Å². The van der Waals surface area contributed by atoms with Gasteiger partial charge in [0.25, 0.3) is 0 Å². The number of carbonyl (C=O) groups is 1. The van der Waals surface area contributed by atoms with Crippen molar-refractivity contribution in [1.82, 2.24) is 15.1 Å². The molecule has 0 bridgehead atoms. The lowest BCUT2D eigenvalue weighted by molar-refractivity contribution is -0.00448. The van der Waals surface area contributed by atoms with Gasteiger partial charge in [-0.3, -0.25) is 4.90 Å². The molecule has 0 spiro atoms. The predicted octanol–water partition coefficient (Wildman–Crippen LogP) is 0.929. The first-order chi connectivity index (χ1) is 11.3. The van der Waals surface area contributed by atoms with Crippen molar-refractivity contribution in [3.63, 3.8) is 0 Å². The summed E-state index contributed by atoms with van der Waals surface area (Å²) in [7, 11) is 0. The summed E-state index contributed by atoms with van der Waals surface area (Å²) in [6, 6.07) is 9.78. The smallest absolute Gasteiger partial charge is 0.410 e. The number of nitrogens with zero attached hydrogens (tertiary/aromatic N) is 2. The van der Waals surface area contributed by atoms with Crippen LogP contribution in [0.5, 0.6) is 0 Å². The van der Waals surface area contributed by atoms with Gasteiger partial charge in [-0.1, -0.05) is 30.3 Å². The lowest BCUT2D eigenvalue weighted by Gasteiger charge is -2.36. The van der Waals surface area contributed by atoms with Crippen LogP contribution in [-0.2, 0) is 16.1 Å². The minimum atomic E-state index is -0.218. The van der Waals surface area contributed by atoms with Gasteiger partial charge in [-0.25, -0.2) is 4.79 Å². The molecule has 0 saturated carbocycles. The lowest BCUT2D eigenvalue weighted by atomic mass is 10.2. The lowest BCUT2D eigenvalue weighted by Crippen LogP contribution is -2.53. The molecule has 3 rings (SSSR count). The van der Waals surface area contributed by atoms with Gasteiger partial charge in [0.1, 0.15) is 6.61 Å². The van der Waals surface area contributed by atoms with Crippen molar-refractivity contribution in [1.29, 1.82) is 0 Å². The van der Waals surface area contributed by atoms with Crippen LogP contribution in [0.15, 0.2) is 30.3 Å². The largest absolute Gasteiger partial charge is 0.445 e. The van der Waals surface area contributed by atoms with E-state index in [4.69, 9.17) is 9.47 Å². The average Bonchev–Trinajstić information content (AvgIpc) is 2.62. The maximum Gasteiger partial charge on any atom is 0.410 e. The summed E-state index contributed by atoms with van der Waals surface area (Å²) in [6.07, 6.45) is 0.0458. The third-order valence-electron chi connectivity index (χ3n) is 4.30. The first kappa shape index (κ1) is 16.2. The number of hydrogen-bond acceptors (Lipinski definition) is 5. The van der Waals surface area contributed by atoms with Crippen LogP contribution in [0.2, 0.25) is 0 Å². The summed E-state index contributed by atoms with van der Waals surface area (Å²) in [5, 5.41) is 3.35. The molecule has 6 heteroatoms. The Balaban J connectivity index is 1.37. The Labute approximate surface area is 137 Å². The Hall–Kier alpha value is -1.63. The van der Waals surface area contributed by atoms with Crippen LogP contribution in [0.1, 0.15) is 5.56 Å². The molecule has 0 unspecified atom stereocenters. The summed E-state index contributed by atoms with van der Waals surface area (Å²) in [5.41, 5.74) is 1.02. The highest BCUT2D eigenvalue weighted by Gasteiger charge is 2.24. The molecule has 23 heavy (non-hydrogen) atoms. The number of nitrogens with one attached hydrogen (secondary N) is 1. The SMILES string of the molecule is O=C(OCc1ccccc1)N1CCN(C[C@@H]2CNCCO2)CC1. The molecule has 0 radical (unpaired) electrons. The third-order valence-corrected chi connectivity index (χ3v) is 4.30. The van der Waals surface area contributed by atoms with Crippen molar-refractivity contribution in [3.05, 3.63) is 35.9 Å². The first-order valence-corrected chi connectivity index (χ1v) is 8.31. The monoisotopic (exact) mass is 319 g/mol. The topological polar surface area (TPSA) is 54.0 Å². The molecule has 1 amide bonds. The molecular weight excluding hydrogens is 294 g/mol. The summed E-state index contributed by atoms with van der Waals surface area (Å²) in [5.74, 6) is 0. The van der Waals surface area contributed by atoms with Gasteiger partial charge in [-0.05, 0) is 5.56 Å². The molecule has 0 aliphatic carbocycles. The molecule has 126 valence electrons. The average molecular weight is 319 g/mol. The van der Waals surface area contributed by atoms with Crippen molar-refractivity contribution in [2.45, 2.75) is 12.7 Å². The van der Waals surface area contributed by atoms with Gasteiger partial charge in [0.2, 0.25) is 0 Å². The number of benzene rings is 1. The van der Waals surface area contributed by atoms with E-state index in [0.717, 1.165) is 44.9 Å². The zero-order valence-corrected chi connectivity index (χ0v) is 13.4. The molecule has 6 nitrogen and oxygen atoms in total. The highest BCUT2D eigenvalue weighted by atomic mass is 16.6. The van der Waals surface area contributed by atoms with E-state index in [0.29, 0.717) is 19.7 Å². The fourth-order valence-corrected chi connectivity index (χ4v) is 2.95. The van der Waals surface area contributed by atoms with Crippen LogP contribution in [0.4, 0.5) is 4.79 Å². The van der Waals surface area contributed by atoms with Crippen molar-refractivity contribution in [3.8, 4) is 0 Å². The number of hydrogen-bond donors (Lipinski definition) is 1. The van der Waals surface area contributed by atoms with Crippen LogP contribution in [-0.4, -0.2) is 74.4 Å². The van der Waals surface area contributed by atoms with Crippen LogP contribution < -0.4 is 5.32 Å². The summed E-state index contributed by atoms with van der Waals surface area (Å²) in [6.45, 7) is 7.09. The van der Waals surface area contributed by atoms with Gasteiger partial charge in [0.15, 0.2) is 0 Å². The highest BCUT2D eigenvalue weighted by molar-refractivity contribution is 5.67. The minimum absolute atomic E-state index is 0.218. The molecule has 0 aromatic heterocycles. The Morgan fingerprint density at radius 3 is 2.70 bits per heavy atom. The maximum absolute atomic E-state index is 12.1. The van der Waals surface area contributed by atoms with E-state index in [2.05, 4.69) is 10.2 Å². The van der Waals surface area contributed by atoms with E-state index < -0.39 is 0 Å². The molecule has 2 heterocycles. The van der Waals surface area contributed by atoms with E-state index in [1.165, 1.54) is 0 Å². The number of ether oxygens (including phenoxy) is 2.